The highest BCUT2D eigenvalue weighted by molar-refractivity contribution is 5.32. The first-order valence-electron chi connectivity index (χ1n) is 7.24. The molecule has 0 spiro atoms. The molecule has 1 atom stereocenters. The van der Waals surface area contributed by atoms with Crippen molar-refractivity contribution in [2.24, 2.45) is 5.92 Å². The Morgan fingerprint density at radius 2 is 1.65 bits per heavy atom. The SMILES string of the molecule is COc1ccc(C(Nn2c(C)ccc2C)C2CC2)cc1. The molecule has 0 aliphatic heterocycles. The van der Waals surface area contributed by atoms with Crippen molar-refractivity contribution < 1.29 is 4.74 Å². The Morgan fingerprint density at radius 3 is 2.15 bits per heavy atom. The van der Waals surface area contributed by atoms with E-state index in [-0.39, 0.29) is 0 Å². The Hall–Kier alpha value is -1.90. The normalized spacial score (nSPS) is 15.9. The number of benzene rings is 1. The molecular formula is C17H22N2O. The summed E-state index contributed by atoms with van der Waals surface area (Å²) in [5.74, 6) is 1.65. The molecule has 106 valence electrons. The van der Waals surface area contributed by atoms with Crippen LogP contribution in [0.25, 0.3) is 0 Å². The second kappa shape index (κ2) is 5.23. The van der Waals surface area contributed by atoms with Gasteiger partial charge in [-0.15, -0.1) is 0 Å². The lowest BCUT2D eigenvalue weighted by Gasteiger charge is -2.23. The minimum Gasteiger partial charge on any atom is -0.497 e. The molecule has 0 saturated heterocycles. The van der Waals surface area contributed by atoms with Gasteiger partial charge in [0.15, 0.2) is 0 Å². The van der Waals surface area contributed by atoms with Crippen molar-refractivity contribution in [1.82, 2.24) is 4.68 Å². The molecule has 1 aliphatic carbocycles. The van der Waals surface area contributed by atoms with E-state index in [1.807, 2.05) is 12.1 Å². The van der Waals surface area contributed by atoms with Crippen LogP contribution in [0.15, 0.2) is 36.4 Å². The minimum atomic E-state index is 0.380. The monoisotopic (exact) mass is 270 g/mol. The van der Waals surface area contributed by atoms with Crippen molar-refractivity contribution in [1.29, 1.82) is 0 Å². The fraction of sp³-hybridized carbons (Fsp3) is 0.412. The zero-order valence-corrected chi connectivity index (χ0v) is 12.4. The number of aromatic nitrogens is 1. The molecule has 1 aromatic heterocycles. The third-order valence-corrected chi connectivity index (χ3v) is 4.11. The van der Waals surface area contributed by atoms with Gasteiger partial charge in [-0.2, -0.15) is 0 Å². The van der Waals surface area contributed by atoms with Crippen LogP contribution in [0.4, 0.5) is 0 Å². The fourth-order valence-corrected chi connectivity index (χ4v) is 2.70. The summed E-state index contributed by atoms with van der Waals surface area (Å²) in [7, 11) is 1.71. The van der Waals surface area contributed by atoms with Crippen LogP contribution in [0.5, 0.6) is 5.75 Å². The first kappa shape index (κ1) is 13.1. The number of nitrogens with one attached hydrogen (secondary N) is 1. The number of aryl methyl sites for hydroxylation is 2. The minimum absolute atomic E-state index is 0.380. The predicted octanol–water partition coefficient (Wildman–Crippen LogP) is 3.81. The van der Waals surface area contributed by atoms with E-state index in [9.17, 15) is 0 Å². The smallest absolute Gasteiger partial charge is 0.118 e. The van der Waals surface area contributed by atoms with Crippen LogP contribution in [0.1, 0.15) is 35.8 Å². The highest BCUT2D eigenvalue weighted by Gasteiger charge is 2.32. The second-order valence-electron chi connectivity index (χ2n) is 5.67. The molecule has 3 rings (SSSR count). The summed E-state index contributed by atoms with van der Waals surface area (Å²) in [6, 6.07) is 13.1. The highest BCUT2D eigenvalue weighted by Crippen LogP contribution is 2.42. The molecule has 1 aliphatic rings. The summed E-state index contributed by atoms with van der Waals surface area (Å²) in [6.45, 7) is 4.27. The summed E-state index contributed by atoms with van der Waals surface area (Å²) >= 11 is 0. The molecule has 0 bridgehead atoms. The van der Waals surface area contributed by atoms with Gasteiger partial charge in [0.2, 0.25) is 0 Å². The molecule has 3 heteroatoms. The van der Waals surface area contributed by atoms with Gasteiger partial charge in [0.25, 0.3) is 0 Å². The average molecular weight is 270 g/mol. The number of ether oxygens (including phenoxy) is 1. The lowest BCUT2D eigenvalue weighted by atomic mass is 10.0. The quantitative estimate of drug-likeness (QED) is 0.894. The van der Waals surface area contributed by atoms with E-state index < -0.39 is 0 Å². The molecule has 20 heavy (non-hydrogen) atoms. The molecule has 1 fully saturated rings. The third-order valence-electron chi connectivity index (χ3n) is 4.11. The topological polar surface area (TPSA) is 26.2 Å². The second-order valence-corrected chi connectivity index (χ2v) is 5.67. The van der Waals surface area contributed by atoms with E-state index in [0.29, 0.717) is 6.04 Å². The molecule has 0 radical (unpaired) electrons. The van der Waals surface area contributed by atoms with Crippen LogP contribution < -0.4 is 10.2 Å². The first-order chi connectivity index (χ1) is 9.69. The summed E-state index contributed by atoms with van der Waals surface area (Å²) in [5.41, 5.74) is 7.52. The maximum absolute atomic E-state index is 5.24. The maximum atomic E-state index is 5.24. The van der Waals surface area contributed by atoms with Gasteiger partial charge in [-0.05, 0) is 62.4 Å². The van der Waals surface area contributed by atoms with Gasteiger partial charge in [0.05, 0.1) is 13.2 Å². The molecule has 1 N–H and O–H groups in total. The standard InChI is InChI=1S/C17H22N2O/c1-12-4-5-13(2)19(12)18-17(14-6-7-14)15-8-10-16(20-3)11-9-15/h4-5,8-11,14,17-18H,6-7H2,1-3H3. The summed E-state index contributed by atoms with van der Waals surface area (Å²) < 4.78 is 7.45. The van der Waals surface area contributed by atoms with E-state index in [1.54, 1.807) is 7.11 Å². The Balaban J connectivity index is 1.85. The molecular weight excluding hydrogens is 248 g/mol. The van der Waals surface area contributed by atoms with Crippen molar-refractivity contribution in [2.75, 3.05) is 12.5 Å². The van der Waals surface area contributed by atoms with Crippen LogP contribution in [0.3, 0.4) is 0 Å². The Labute approximate surface area is 120 Å². The van der Waals surface area contributed by atoms with Crippen molar-refractivity contribution in [3.63, 3.8) is 0 Å². The van der Waals surface area contributed by atoms with Gasteiger partial charge >= 0.3 is 0 Å². The van der Waals surface area contributed by atoms with Gasteiger partial charge in [-0.25, -0.2) is 0 Å². The van der Waals surface area contributed by atoms with Gasteiger partial charge in [-0.1, -0.05) is 12.1 Å². The average Bonchev–Trinajstić information content (AvgIpc) is 3.26. The molecule has 1 saturated carbocycles. The molecule has 1 heterocycles. The van der Waals surface area contributed by atoms with Crippen molar-refractivity contribution >= 4 is 0 Å². The Kier molecular flexibility index (Phi) is 3.43. The van der Waals surface area contributed by atoms with Gasteiger partial charge in [-0.3, -0.25) is 4.68 Å². The highest BCUT2D eigenvalue weighted by atomic mass is 16.5. The van der Waals surface area contributed by atoms with Crippen molar-refractivity contribution in [2.45, 2.75) is 32.7 Å². The number of hydrogen-bond donors (Lipinski definition) is 1. The fourth-order valence-electron chi connectivity index (χ4n) is 2.70. The molecule has 1 unspecified atom stereocenters. The van der Waals surface area contributed by atoms with E-state index in [0.717, 1.165) is 11.7 Å². The Bertz CT molecular complexity index is 562. The maximum Gasteiger partial charge on any atom is 0.118 e. The predicted molar refractivity (Wildman–Crippen MR) is 81.7 cm³/mol. The van der Waals surface area contributed by atoms with Crippen LogP contribution >= 0.6 is 0 Å². The zero-order valence-electron chi connectivity index (χ0n) is 12.4. The summed E-state index contributed by atoms with van der Waals surface area (Å²) in [6.07, 6.45) is 2.62. The first-order valence-corrected chi connectivity index (χ1v) is 7.24. The van der Waals surface area contributed by atoms with Crippen LogP contribution in [0, 0.1) is 19.8 Å². The van der Waals surface area contributed by atoms with Gasteiger partial charge < -0.3 is 10.2 Å². The number of rotatable bonds is 5. The number of nitrogens with zero attached hydrogens (tertiary/aromatic N) is 1. The lowest BCUT2D eigenvalue weighted by Crippen LogP contribution is -2.24. The summed E-state index contributed by atoms with van der Waals surface area (Å²) in [5, 5.41) is 0. The van der Waals surface area contributed by atoms with Crippen LogP contribution in [-0.2, 0) is 0 Å². The van der Waals surface area contributed by atoms with Crippen LogP contribution in [-0.4, -0.2) is 11.8 Å². The van der Waals surface area contributed by atoms with E-state index in [1.165, 1.54) is 29.8 Å². The van der Waals surface area contributed by atoms with Crippen LogP contribution in [0.2, 0.25) is 0 Å². The van der Waals surface area contributed by atoms with Gasteiger partial charge in [0, 0.05) is 11.4 Å². The van der Waals surface area contributed by atoms with Crippen molar-refractivity contribution in [3.8, 4) is 5.75 Å². The largest absolute Gasteiger partial charge is 0.497 e. The van der Waals surface area contributed by atoms with Gasteiger partial charge in [0.1, 0.15) is 5.75 Å². The van der Waals surface area contributed by atoms with E-state index >= 15 is 0 Å². The van der Waals surface area contributed by atoms with Crippen molar-refractivity contribution in [3.05, 3.63) is 53.3 Å². The summed E-state index contributed by atoms with van der Waals surface area (Å²) in [4.78, 5) is 0. The van der Waals surface area contributed by atoms with E-state index in [4.69, 9.17) is 4.74 Å². The molecule has 0 amide bonds. The molecule has 3 nitrogen and oxygen atoms in total. The lowest BCUT2D eigenvalue weighted by molar-refractivity contribution is 0.414. The number of methoxy groups -OCH3 is 1. The number of hydrogen-bond acceptors (Lipinski definition) is 2. The third kappa shape index (κ3) is 2.53. The molecule has 1 aromatic carbocycles. The Morgan fingerprint density at radius 1 is 1.05 bits per heavy atom. The molecule has 2 aromatic rings. The van der Waals surface area contributed by atoms with E-state index in [2.05, 4.69) is 48.2 Å². The zero-order chi connectivity index (χ0) is 14.1.